The number of hydrogen-bond donors (Lipinski definition) is 3. The van der Waals surface area contributed by atoms with E-state index in [4.69, 9.17) is 4.65 Å². The van der Waals surface area contributed by atoms with Crippen LogP contribution < -0.4 is 0 Å². The quantitative estimate of drug-likeness (QED) is 0.265. The summed E-state index contributed by atoms with van der Waals surface area (Å²) in [4.78, 5) is 28.8. The van der Waals surface area contributed by atoms with Crippen LogP contribution in [0.5, 0.6) is 5.75 Å². The number of aliphatic hydroxyl groups is 1. The van der Waals surface area contributed by atoms with Gasteiger partial charge in [-0.15, -0.1) is 0 Å². The average molecular weight is 521 g/mol. The Morgan fingerprint density at radius 2 is 1.92 bits per heavy atom. The van der Waals surface area contributed by atoms with Gasteiger partial charge in [0.25, 0.3) is 0 Å². The number of amides is 2. The molecular weight excluding hydrogens is 481 g/mol. The van der Waals surface area contributed by atoms with E-state index in [1.54, 1.807) is 17.0 Å². The molecule has 0 aromatic heterocycles. The molecule has 1 aromatic carbocycles. The van der Waals surface area contributed by atoms with E-state index in [9.17, 15) is 24.8 Å². The number of phenols is 1. The molecule has 2 aliphatic heterocycles. The van der Waals surface area contributed by atoms with Crippen molar-refractivity contribution in [1.82, 2.24) is 4.90 Å². The van der Waals surface area contributed by atoms with Gasteiger partial charge in [-0.05, 0) is 79.6 Å². The molecule has 3 N–H and O–H groups in total. The minimum absolute atomic E-state index is 0.0184. The molecule has 1 saturated carbocycles. The predicted octanol–water partition coefficient (Wildman–Crippen LogP) is 4.48. The monoisotopic (exact) mass is 521 g/mol. The summed E-state index contributed by atoms with van der Waals surface area (Å²) in [6.07, 6.45) is 10.5. The zero-order valence-electron chi connectivity index (χ0n) is 22.3. The SMILES string of the molecule is CCC/C(=C\c1cccc(O)c1)CC[C@H]1OB(O)C[C@H]2C1=C(CO)C[C@H]1C(=O)N(C3CCCCC3)C(=O)[C@H]12. The molecule has 2 amide bonds. The van der Waals surface area contributed by atoms with Gasteiger partial charge in [0.1, 0.15) is 5.75 Å². The molecule has 1 aromatic rings. The Kier molecular flexibility index (Phi) is 8.41. The summed E-state index contributed by atoms with van der Waals surface area (Å²) < 4.78 is 6.05. The van der Waals surface area contributed by atoms with Gasteiger partial charge in [0, 0.05) is 6.04 Å². The molecule has 7 nitrogen and oxygen atoms in total. The van der Waals surface area contributed by atoms with Crippen LogP contribution in [-0.4, -0.2) is 57.8 Å². The van der Waals surface area contributed by atoms with Crippen LogP contribution in [0.15, 0.2) is 41.0 Å². The van der Waals surface area contributed by atoms with Gasteiger partial charge in [0.2, 0.25) is 11.8 Å². The second-order valence-corrected chi connectivity index (χ2v) is 11.5. The van der Waals surface area contributed by atoms with Crippen LogP contribution in [0.1, 0.15) is 76.7 Å². The highest BCUT2D eigenvalue weighted by atomic mass is 16.5. The minimum atomic E-state index is -1.01. The van der Waals surface area contributed by atoms with Crippen molar-refractivity contribution >= 4 is 25.0 Å². The Hall–Kier alpha value is -2.42. The van der Waals surface area contributed by atoms with Gasteiger partial charge in [0.15, 0.2) is 0 Å². The average Bonchev–Trinajstić information content (AvgIpc) is 3.16. The van der Waals surface area contributed by atoms with Gasteiger partial charge in [-0.3, -0.25) is 14.5 Å². The Labute approximate surface area is 225 Å². The summed E-state index contributed by atoms with van der Waals surface area (Å²) in [5.74, 6) is -1.17. The Morgan fingerprint density at radius 3 is 2.63 bits per heavy atom. The van der Waals surface area contributed by atoms with Crippen molar-refractivity contribution in [1.29, 1.82) is 0 Å². The van der Waals surface area contributed by atoms with Gasteiger partial charge in [-0.1, -0.05) is 56.4 Å². The molecule has 2 saturated heterocycles. The molecule has 2 heterocycles. The van der Waals surface area contributed by atoms with E-state index < -0.39 is 25.1 Å². The third kappa shape index (κ3) is 5.36. The number of aliphatic hydroxyl groups excluding tert-OH is 1. The minimum Gasteiger partial charge on any atom is -0.508 e. The zero-order chi connectivity index (χ0) is 26.8. The van der Waals surface area contributed by atoms with Crippen molar-refractivity contribution in [2.24, 2.45) is 17.8 Å². The van der Waals surface area contributed by atoms with Crippen LogP contribution in [0.2, 0.25) is 6.32 Å². The van der Waals surface area contributed by atoms with Gasteiger partial charge in [0.05, 0.1) is 24.5 Å². The Morgan fingerprint density at radius 1 is 1.13 bits per heavy atom. The highest BCUT2D eigenvalue weighted by Crippen LogP contribution is 2.51. The van der Waals surface area contributed by atoms with E-state index in [2.05, 4.69) is 13.0 Å². The highest BCUT2D eigenvalue weighted by Gasteiger charge is 2.58. The molecule has 2 aliphatic carbocycles. The summed E-state index contributed by atoms with van der Waals surface area (Å²) in [5.41, 5.74) is 3.88. The number of phenolic OH excluding ortho intramolecular Hbond substituents is 1. The first kappa shape index (κ1) is 27.2. The lowest BCUT2D eigenvalue weighted by Crippen LogP contribution is -2.47. The molecule has 5 rings (SSSR count). The third-order valence-corrected chi connectivity index (χ3v) is 9.01. The summed E-state index contributed by atoms with van der Waals surface area (Å²) in [6, 6.07) is 7.15. The molecule has 0 bridgehead atoms. The number of aromatic hydroxyl groups is 1. The third-order valence-electron chi connectivity index (χ3n) is 9.01. The number of imide groups is 1. The van der Waals surface area contributed by atoms with Gasteiger partial charge < -0.3 is 19.9 Å². The molecule has 4 aliphatic rings. The molecule has 0 unspecified atom stereocenters. The van der Waals surface area contributed by atoms with Crippen LogP contribution in [-0.2, 0) is 14.2 Å². The van der Waals surface area contributed by atoms with E-state index in [1.165, 1.54) is 5.57 Å². The summed E-state index contributed by atoms with van der Waals surface area (Å²) >= 11 is 0. The molecule has 0 spiro atoms. The van der Waals surface area contributed by atoms with Crippen molar-refractivity contribution in [2.45, 2.75) is 89.6 Å². The normalized spacial score (nSPS) is 28.7. The number of rotatable bonds is 8. The lowest BCUT2D eigenvalue weighted by Gasteiger charge is -2.43. The molecule has 0 radical (unpaired) electrons. The molecule has 3 fully saturated rings. The van der Waals surface area contributed by atoms with Gasteiger partial charge >= 0.3 is 7.12 Å². The van der Waals surface area contributed by atoms with Gasteiger partial charge in [-0.25, -0.2) is 0 Å². The molecule has 204 valence electrons. The largest absolute Gasteiger partial charge is 0.508 e. The number of allylic oxidation sites excluding steroid dienone is 1. The standard InChI is InChI=1S/C30H40BNO6/c1-2-7-19(14-20-8-6-11-23(34)15-20)12-13-26-27-21(18-33)16-24-28(25(27)17-31(37)38-26)30(36)32(29(24)35)22-9-4-3-5-10-22/h6,8,11,14-15,22,24-26,28,33-34,37H,2-5,7,9-10,12-13,16-18H2,1H3/b19-14+/t24-,25+,26-,28-/m1/s1. The fourth-order valence-electron chi connectivity index (χ4n) is 7.39. The maximum absolute atomic E-state index is 13.8. The number of nitrogens with zero attached hydrogens (tertiary/aromatic N) is 1. The highest BCUT2D eigenvalue weighted by molar-refractivity contribution is 6.43. The number of benzene rings is 1. The predicted molar refractivity (Wildman–Crippen MR) is 146 cm³/mol. The van der Waals surface area contributed by atoms with Crippen molar-refractivity contribution in [2.75, 3.05) is 6.61 Å². The first-order valence-electron chi connectivity index (χ1n) is 14.4. The molecule has 38 heavy (non-hydrogen) atoms. The smallest absolute Gasteiger partial charge is 0.455 e. The summed E-state index contributed by atoms with van der Waals surface area (Å²) in [7, 11) is -1.01. The topological polar surface area (TPSA) is 107 Å². The van der Waals surface area contributed by atoms with E-state index in [0.717, 1.165) is 68.1 Å². The summed E-state index contributed by atoms with van der Waals surface area (Å²) in [5, 5.41) is 31.0. The number of carbonyl (C=O) groups is 2. The first-order valence-corrected chi connectivity index (χ1v) is 14.4. The molecule has 4 atom stereocenters. The lowest BCUT2D eigenvalue weighted by molar-refractivity contribution is -0.143. The fourth-order valence-corrected chi connectivity index (χ4v) is 7.39. The fraction of sp³-hybridized carbons (Fsp3) is 0.600. The number of likely N-dealkylation sites (tertiary alicyclic amines) is 1. The Balaban J connectivity index is 1.39. The maximum atomic E-state index is 13.8. The van der Waals surface area contributed by atoms with Crippen LogP contribution in [0.4, 0.5) is 0 Å². The number of hydrogen-bond acceptors (Lipinski definition) is 6. The van der Waals surface area contributed by atoms with Crippen LogP contribution in [0.3, 0.4) is 0 Å². The van der Waals surface area contributed by atoms with Crippen LogP contribution in [0.25, 0.3) is 6.08 Å². The first-order chi connectivity index (χ1) is 18.4. The van der Waals surface area contributed by atoms with E-state index in [0.29, 0.717) is 12.8 Å². The lowest BCUT2D eigenvalue weighted by atomic mass is 9.58. The second kappa shape index (κ2) is 11.8. The molecular formula is C30H40BNO6. The second-order valence-electron chi connectivity index (χ2n) is 11.5. The van der Waals surface area contributed by atoms with Crippen molar-refractivity contribution in [3.63, 3.8) is 0 Å². The van der Waals surface area contributed by atoms with Crippen molar-refractivity contribution < 1.29 is 29.5 Å². The van der Waals surface area contributed by atoms with E-state index >= 15 is 0 Å². The Bertz CT molecular complexity index is 1110. The van der Waals surface area contributed by atoms with E-state index in [-0.39, 0.29) is 42.5 Å². The van der Waals surface area contributed by atoms with Crippen LogP contribution in [0, 0.1) is 17.8 Å². The van der Waals surface area contributed by atoms with Gasteiger partial charge in [-0.2, -0.15) is 0 Å². The number of fused-ring (bicyclic) bond motifs is 3. The zero-order valence-corrected chi connectivity index (χ0v) is 22.3. The van der Waals surface area contributed by atoms with Crippen molar-refractivity contribution in [3.05, 3.63) is 46.5 Å². The summed E-state index contributed by atoms with van der Waals surface area (Å²) in [6.45, 7) is 1.96. The maximum Gasteiger partial charge on any atom is 0.455 e. The molecule has 8 heteroatoms. The number of carbonyl (C=O) groups excluding carboxylic acids is 2. The van der Waals surface area contributed by atoms with E-state index in [1.807, 2.05) is 12.1 Å². The van der Waals surface area contributed by atoms with Crippen molar-refractivity contribution in [3.8, 4) is 5.75 Å². The van der Waals surface area contributed by atoms with Crippen LogP contribution >= 0.6 is 0 Å².